The van der Waals surface area contributed by atoms with Gasteiger partial charge >= 0.3 is 0 Å². The van der Waals surface area contributed by atoms with E-state index < -0.39 is 5.60 Å². The van der Waals surface area contributed by atoms with E-state index >= 15 is 0 Å². The molecule has 0 aromatic carbocycles. The maximum absolute atomic E-state index is 10.7. The molecule has 1 aliphatic heterocycles. The Morgan fingerprint density at radius 3 is 2.57 bits per heavy atom. The average Bonchev–Trinajstić information content (AvgIpc) is 2.24. The maximum atomic E-state index is 10.7. The number of piperidine rings is 1. The summed E-state index contributed by atoms with van der Waals surface area (Å²) in [4.78, 5) is 0. The summed E-state index contributed by atoms with van der Waals surface area (Å²) in [6.45, 7) is 3.31. The van der Waals surface area contributed by atoms with Crippen molar-refractivity contribution in [2.45, 2.75) is 63.5 Å². The van der Waals surface area contributed by atoms with Gasteiger partial charge in [0.05, 0.1) is 5.60 Å². The molecule has 14 heavy (non-hydrogen) atoms. The Balaban J connectivity index is 2.03. The van der Waals surface area contributed by atoms with Crippen molar-refractivity contribution in [1.82, 2.24) is 5.32 Å². The number of hydrogen-bond donors (Lipinski definition) is 2. The Labute approximate surface area is 87.1 Å². The molecule has 1 saturated heterocycles. The zero-order valence-electron chi connectivity index (χ0n) is 9.26. The predicted molar refractivity (Wildman–Crippen MR) is 58.2 cm³/mol. The van der Waals surface area contributed by atoms with Crippen LogP contribution in [0.4, 0.5) is 0 Å². The molecule has 0 bridgehead atoms. The molecule has 0 aromatic rings. The average molecular weight is 197 g/mol. The van der Waals surface area contributed by atoms with E-state index in [1.807, 2.05) is 0 Å². The highest BCUT2D eigenvalue weighted by atomic mass is 16.3. The predicted octanol–water partition coefficient (Wildman–Crippen LogP) is 2.07. The van der Waals surface area contributed by atoms with Crippen molar-refractivity contribution in [3.63, 3.8) is 0 Å². The monoisotopic (exact) mass is 197 g/mol. The third-order valence-electron chi connectivity index (χ3n) is 4.23. The summed E-state index contributed by atoms with van der Waals surface area (Å²) in [5, 5.41) is 14.2. The molecule has 1 saturated carbocycles. The van der Waals surface area contributed by atoms with Gasteiger partial charge in [-0.1, -0.05) is 26.2 Å². The van der Waals surface area contributed by atoms with Gasteiger partial charge in [-0.3, -0.25) is 0 Å². The minimum atomic E-state index is -0.404. The van der Waals surface area contributed by atoms with Crippen molar-refractivity contribution in [3.05, 3.63) is 0 Å². The topological polar surface area (TPSA) is 32.3 Å². The van der Waals surface area contributed by atoms with Gasteiger partial charge in [0, 0.05) is 6.04 Å². The van der Waals surface area contributed by atoms with Gasteiger partial charge in [-0.15, -0.1) is 0 Å². The van der Waals surface area contributed by atoms with Crippen LogP contribution in [0.2, 0.25) is 0 Å². The van der Waals surface area contributed by atoms with Crippen molar-refractivity contribution >= 4 is 0 Å². The Bertz CT molecular complexity index is 189. The van der Waals surface area contributed by atoms with E-state index in [-0.39, 0.29) is 0 Å². The molecule has 2 rings (SSSR count). The van der Waals surface area contributed by atoms with Gasteiger partial charge in [0.2, 0.25) is 0 Å². The smallest absolute Gasteiger partial charge is 0.0825 e. The van der Waals surface area contributed by atoms with Crippen molar-refractivity contribution < 1.29 is 5.11 Å². The second kappa shape index (κ2) is 4.19. The second-order valence-corrected chi connectivity index (χ2v) is 5.14. The molecule has 2 aliphatic rings. The van der Waals surface area contributed by atoms with Gasteiger partial charge in [0.25, 0.3) is 0 Å². The Morgan fingerprint density at radius 1 is 1.14 bits per heavy atom. The highest BCUT2D eigenvalue weighted by molar-refractivity contribution is 4.98. The molecule has 3 atom stereocenters. The number of hydrogen-bond acceptors (Lipinski definition) is 2. The molecule has 1 aliphatic carbocycles. The summed E-state index contributed by atoms with van der Waals surface area (Å²) in [6.07, 6.45) is 8.45. The van der Waals surface area contributed by atoms with E-state index in [0.717, 1.165) is 13.0 Å². The van der Waals surface area contributed by atoms with Gasteiger partial charge in [0.15, 0.2) is 0 Å². The van der Waals surface area contributed by atoms with Crippen molar-refractivity contribution in [1.29, 1.82) is 0 Å². The molecule has 2 fully saturated rings. The summed E-state index contributed by atoms with van der Waals surface area (Å²) in [5.74, 6) is 0.479. The fraction of sp³-hybridized carbons (Fsp3) is 1.00. The van der Waals surface area contributed by atoms with Crippen LogP contribution >= 0.6 is 0 Å². The molecule has 2 N–H and O–H groups in total. The van der Waals surface area contributed by atoms with Gasteiger partial charge in [-0.05, 0) is 38.1 Å². The lowest BCUT2D eigenvalue weighted by Crippen LogP contribution is -2.57. The van der Waals surface area contributed by atoms with Crippen molar-refractivity contribution in [2.24, 2.45) is 5.92 Å². The molecule has 2 heteroatoms. The molecule has 2 nitrogen and oxygen atoms in total. The van der Waals surface area contributed by atoms with Crippen LogP contribution < -0.4 is 5.32 Å². The summed E-state index contributed by atoms with van der Waals surface area (Å²) in [7, 11) is 0. The van der Waals surface area contributed by atoms with Crippen molar-refractivity contribution in [2.75, 3.05) is 6.54 Å². The van der Waals surface area contributed by atoms with E-state index in [9.17, 15) is 5.11 Å². The first-order valence-corrected chi connectivity index (χ1v) is 6.19. The number of aliphatic hydroxyl groups is 1. The molecular formula is C12H23NO. The Kier molecular flexibility index (Phi) is 3.13. The van der Waals surface area contributed by atoms with Crippen LogP contribution in [0.25, 0.3) is 0 Å². The van der Waals surface area contributed by atoms with Gasteiger partial charge in [0.1, 0.15) is 0 Å². The first-order valence-electron chi connectivity index (χ1n) is 6.19. The minimum absolute atomic E-state index is 0.367. The third kappa shape index (κ3) is 1.82. The van der Waals surface area contributed by atoms with Crippen LogP contribution in [0, 0.1) is 5.92 Å². The van der Waals surface area contributed by atoms with Gasteiger partial charge in [-0.2, -0.15) is 0 Å². The zero-order valence-corrected chi connectivity index (χ0v) is 9.26. The first-order chi connectivity index (χ1) is 6.73. The molecule has 0 spiro atoms. The van der Waals surface area contributed by atoms with Crippen LogP contribution in [0.1, 0.15) is 51.9 Å². The molecule has 0 radical (unpaired) electrons. The molecule has 0 amide bonds. The summed E-state index contributed by atoms with van der Waals surface area (Å²) < 4.78 is 0. The SMILES string of the molecule is CC1CCCCC1(O)C1CCCCN1. The minimum Gasteiger partial charge on any atom is -0.388 e. The maximum Gasteiger partial charge on any atom is 0.0825 e. The zero-order chi connectivity index (χ0) is 10.0. The lowest BCUT2D eigenvalue weighted by molar-refractivity contribution is -0.0768. The number of rotatable bonds is 1. The second-order valence-electron chi connectivity index (χ2n) is 5.14. The van der Waals surface area contributed by atoms with E-state index in [4.69, 9.17) is 0 Å². The normalized spacial score (nSPS) is 45.0. The van der Waals surface area contributed by atoms with Crippen LogP contribution in [-0.4, -0.2) is 23.3 Å². The fourth-order valence-corrected chi connectivity index (χ4v) is 3.15. The van der Waals surface area contributed by atoms with E-state index in [1.165, 1.54) is 38.5 Å². The molecular weight excluding hydrogens is 174 g/mol. The Morgan fingerprint density at radius 2 is 1.93 bits per heavy atom. The lowest BCUT2D eigenvalue weighted by Gasteiger charge is -2.45. The summed E-state index contributed by atoms with van der Waals surface area (Å²) >= 11 is 0. The van der Waals surface area contributed by atoms with E-state index in [0.29, 0.717) is 12.0 Å². The Hall–Kier alpha value is -0.0800. The molecule has 1 heterocycles. The van der Waals surface area contributed by atoms with E-state index in [1.54, 1.807) is 0 Å². The number of nitrogens with one attached hydrogen (secondary N) is 1. The van der Waals surface area contributed by atoms with Crippen LogP contribution in [0.5, 0.6) is 0 Å². The first kappa shape index (κ1) is 10.4. The van der Waals surface area contributed by atoms with Crippen LogP contribution in [-0.2, 0) is 0 Å². The fourth-order valence-electron chi connectivity index (χ4n) is 3.15. The van der Waals surface area contributed by atoms with Gasteiger partial charge in [-0.25, -0.2) is 0 Å². The van der Waals surface area contributed by atoms with Gasteiger partial charge < -0.3 is 10.4 Å². The third-order valence-corrected chi connectivity index (χ3v) is 4.23. The quantitative estimate of drug-likeness (QED) is 0.674. The van der Waals surface area contributed by atoms with Crippen LogP contribution in [0.15, 0.2) is 0 Å². The highest BCUT2D eigenvalue weighted by Crippen LogP contribution is 2.38. The van der Waals surface area contributed by atoms with Crippen molar-refractivity contribution in [3.8, 4) is 0 Å². The highest BCUT2D eigenvalue weighted by Gasteiger charge is 2.42. The van der Waals surface area contributed by atoms with E-state index in [2.05, 4.69) is 12.2 Å². The van der Waals surface area contributed by atoms with Crippen LogP contribution in [0.3, 0.4) is 0 Å². The molecule has 0 aromatic heterocycles. The lowest BCUT2D eigenvalue weighted by atomic mass is 9.70. The largest absolute Gasteiger partial charge is 0.388 e. The molecule has 82 valence electrons. The summed E-state index contributed by atoms with van der Waals surface area (Å²) in [6, 6.07) is 0.367. The molecule has 3 unspecified atom stereocenters. The summed E-state index contributed by atoms with van der Waals surface area (Å²) in [5.41, 5.74) is -0.404. The standard InChI is InChI=1S/C12H23NO/c1-10-6-2-4-8-12(10,14)11-7-3-5-9-13-11/h10-11,13-14H,2-9H2,1H3.